The molecule has 2 saturated heterocycles. The van der Waals surface area contributed by atoms with Gasteiger partial charge in [0.15, 0.2) is 36.7 Å². The molecule has 5 aromatic rings. The van der Waals surface area contributed by atoms with Crippen LogP contribution in [-0.4, -0.2) is 126 Å². The first-order valence-electron chi connectivity index (χ1n) is 16.8. The lowest BCUT2D eigenvalue weighted by molar-refractivity contribution is -0.745. The molecular weight excluding hydrogens is 861 g/mol. The predicted octanol–water partition coefficient (Wildman–Crippen LogP) is -7.87. The molecule has 0 radical (unpaired) electrons. The maximum atomic E-state index is 12.7. The van der Waals surface area contributed by atoms with Crippen molar-refractivity contribution in [1.82, 2.24) is 54.1 Å². The average molecular weight is 895 g/mol. The van der Waals surface area contributed by atoms with Crippen molar-refractivity contribution in [1.29, 1.82) is 0 Å². The smallest absolute Gasteiger partial charge is 0.313 e. The number of phosphoric acid groups is 1. The Kier molecular flexibility index (Phi) is 11.5. The lowest BCUT2D eigenvalue weighted by atomic mass is 10.1. The van der Waals surface area contributed by atoms with Gasteiger partial charge in [-0.1, -0.05) is 10.2 Å². The van der Waals surface area contributed by atoms with E-state index in [2.05, 4.69) is 44.1 Å². The Labute approximate surface area is 326 Å². The molecule has 0 amide bonds. The minimum Gasteiger partial charge on any atom is -0.774 e. The van der Waals surface area contributed by atoms with Crippen LogP contribution in [0.15, 0.2) is 28.4 Å². The molecule has 2 aliphatic rings. The monoisotopic (exact) mass is 894 g/mol. The van der Waals surface area contributed by atoms with E-state index in [1.807, 2.05) is 5.09 Å². The number of rotatable bonds is 15. The van der Waals surface area contributed by atoms with Crippen LogP contribution >= 0.6 is 23.2 Å². The molecule has 0 bridgehead atoms. The molecule has 11 N–H and O–H groups in total. The van der Waals surface area contributed by atoms with Crippen molar-refractivity contribution in [2.24, 2.45) is 7.05 Å². The molecule has 11 atom stereocenters. The van der Waals surface area contributed by atoms with Crippen LogP contribution < -0.4 is 52.4 Å². The molecule has 2 fully saturated rings. The molecule has 2 aliphatic heterocycles. The van der Waals surface area contributed by atoms with E-state index >= 15 is 0 Å². The van der Waals surface area contributed by atoms with E-state index in [4.69, 9.17) is 25.5 Å². The van der Waals surface area contributed by atoms with Gasteiger partial charge in [0.25, 0.3) is 24.9 Å². The number of aromatic amines is 2. The lowest BCUT2D eigenvalue weighted by Gasteiger charge is -2.30. The quantitative estimate of drug-likeness (QED) is 0.0348. The zero-order chi connectivity index (χ0) is 42.8. The average Bonchev–Trinajstić information content (AvgIpc) is 3.96. The normalized spacial score (nSPS) is 27.9. The largest absolute Gasteiger partial charge is 0.774 e. The number of nitrogen functional groups attached to an aromatic ring is 2. The van der Waals surface area contributed by atoms with Gasteiger partial charge in [0.1, 0.15) is 36.6 Å². The molecule has 59 heavy (non-hydrogen) atoms. The highest BCUT2D eigenvalue weighted by atomic mass is 31.3. The molecular formula is C25H33N14O17P3-2. The molecule has 0 aliphatic carbocycles. The molecule has 31 nitrogen and oxygen atoms in total. The lowest BCUT2D eigenvalue weighted by Crippen LogP contribution is -2.46. The van der Waals surface area contributed by atoms with E-state index in [1.165, 1.54) is 22.5 Å². The van der Waals surface area contributed by atoms with Crippen LogP contribution in [0.1, 0.15) is 12.5 Å². The Hall–Kier alpha value is -4.39. The minimum atomic E-state index is -5.75. The third kappa shape index (κ3) is 8.63. The Morgan fingerprint density at radius 2 is 1.61 bits per heavy atom. The van der Waals surface area contributed by atoms with Crippen molar-refractivity contribution in [3.05, 3.63) is 39.6 Å². The van der Waals surface area contributed by atoms with E-state index in [0.29, 0.717) is 6.20 Å². The third-order valence-corrected chi connectivity index (χ3v) is 12.9. The summed E-state index contributed by atoms with van der Waals surface area (Å²) in [4.78, 5) is 78.6. The number of hydrogen-bond donors (Lipinski definition) is 9. The summed E-state index contributed by atoms with van der Waals surface area (Å²) in [5, 5.41) is 51.1. The van der Waals surface area contributed by atoms with Crippen molar-refractivity contribution >= 4 is 62.8 Å². The Balaban J connectivity index is 0.890. The van der Waals surface area contributed by atoms with Crippen molar-refractivity contribution in [2.45, 2.75) is 55.6 Å². The summed E-state index contributed by atoms with van der Waals surface area (Å²) in [5.41, 5.74) is 8.65. The number of anilines is 2. The number of aliphatic hydroxyl groups excluding tert-OH is 4. The first-order chi connectivity index (χ1) is 27.6. The molecule has 0 spiro atoms. The Bertz CT molecular complexity index is 2650. The number of aryl methyl sites for hydroxylation is 1. The second-order valence-electron chi connectivity index (χ2n) is 13.0. The summed E-state index contributed by atoms with van der Waals surface area (Å²) in [6.45, 7) is -2.70. The van der Waals surface area contributed by atoms with Crippen molar-refractivity contribution in [3.8, 4) is 0 Å². The van der Waals surface area contributed by atoms with Crippen molar-refractivity contribution < 1.29 is 76.2 Å². The van der Waals surface area contributed by atoms with Crippen LogP contribution in [0.25, 0.3) is 22.3 Å². The highest BCUT2D eigenvalue weighted by Gasteiger charge is 2.48. The molecule has 0 aromatic carbocycles. The van der Waals surface area contributed by atoms with Crippen LogP contribution in [-0.2, 0) is 50.1 Å². The molecule has 5 aromatic heterocycles. The molecule has 0 saturated carbocycles. The van der Waals surface area contributed by atoms with Crippen LogP contribution in [0.4, 0.5) is 11.9 Å². The van der Waals surface area contributed by atoms with E-state index in [9.17, 15) is 58.4 Å². The number of nitrogens with two attached hydrogens (primary N) is 2. The minimum absolute atomic E-state index is 0.00724. The zero-order valence-corrected chi connectivity index (χ0v) is 32.5. The number of aromatic nitrogens is 11. The van der Waals surface area contributed by atoms with Crippen molar-refractivity contribution in [2.75, 3.05) is 31.2 Å². The topological polar surface area (TPSA) is 460 Å². The predicted molar refractivity (Wildman–Crippen MR) is 184 cm³/mol. The van der Waals surface area contributed by atoms with E-state index in [-0.39, 0.29) is 40.8 Å². The number of fused-ring (bicyclic) bond motifs is 2. The molecule has 322 valence electrons. The SMILES string of the molecule is Cn1c[n+]([C@@H]2O[C@H](COP(=O)([O-])NCCn3cc(P(=O)([O-])OP(=O)([O-])OC[C@H]4O[C@@H](n5cnc6c(=O)[nH]c(N)nc65)[C@@H](O)C4O)nn3)C(O)[C@@H]2O)c2nc(N)[nH]c(=O)c21. The van der Waals surface area contributed by atoms with Gasteiger partial charge in [-0.2, -0.15) is 4.98 Å². The van der Waals surface area contributed by atoms with Crippen LogP contribution in [0.3, 0.4) is 0 Å². The van der Waals surface area contributed by atoms with Crippen LogP contribution in [0.5, 0.6) is 0 Å². The first-order valence-corrected chi connectivity index (χ1v) is 21.3. The summed E-state index contributed by atoms with van der Waals surface area (Å²) in [7, 11) is -14.7. The number of nitrogens with one attached hydrogen (secondary N) is 3. The van der Waals surface area contributed by atoms with Gasteiger partial charge in [-0.25, -0.2) is 9.55 Å². The number of imidazole rings is 2. The second kappa shape index (κ2) is 15.9. The Morgan fingerprint density at radius 1 is 0.949 bits per heavy atom. The van der Waals surface area contributed by atoms with Crippen LogP contribution in [0.2, 0.25) is 0 Å². The third-order valence-electron chi connectivity index (χ3n) is 8.93. The fourth-order valence-electron chi connectivity index (χ4n) is 6.18. The molecule has 5 unspecified atom stereocenters. The number of phosphoric ester groups is 1. The number of aliphatic hydroxyl groups is 4. The van der Waals surface area contributed by atoms with Gasteiger partial charge in [-0.3, -0.25) is 51.9 Å². The zero-order valence-electron chi connectivity index (χ0n) is 29.8. The second-order valence-corrected chi connectivity index (χ2v) is 17.8. The van der Waals surface area contributed by atoms with Gasteiger partial charge in [0.05, 0.1) is 39.3 Å². The summed E-state index contributed by atoms with van der Waals surface area (Å²) in [5.74, 6) is -0.529. The Morgan fingerprint density at radius 3 is 2.36 bits per heavy atom. The van der Waals surface area contributed by atoms with Gasteiger partial charge in [0.2, 0.25) is 25.4 Å². The standard InChI is InChI=1S/C25H35N14O17P3/c1-36-8-39(19-13(36)21(45)33-25(27)31-19)23-17(43)14(40)9(55-23)5-52-58(48,49)29-2-3-37-4-11(34-35-37)57(46,47)56-59(50,51)53-6-10-15(41)16(42)22(54-10)38-7-28-12-18(38)30-24(26)32-20(12)44/h4,7-10,14-17,22-23,40-43H,2-3,5-6H2,1H3,(H9-,26,27,29,30,31,32,33,44,45,46,47,48,49,50,51)/p-2/t9-,10-,14?,15?,16+,17+,22-,23-/m1/s1. The molecule has 7 rings (SSSR count). The highest BCUT2D eigenvalue weighted by molar-refractivity contribution is 7.67. The summed E-state index contributed by atoms with van der Waals surface area (Å²) < 4.78 is 67.2. The van der Waals surface area contributed by atoms with Gasteiger partial charge in [-0.15, -0.1) is 5.10 Å². The molecule has 7 heterocycles. The van der Waals surface area contributed by atoms with E-state index in [0.717, 1.165) is 15.6 Å². The van der Waals surface area contributed by atoms with Crippen molar-refractivity contribution in [3.63, 3.8) is 0 Å². The number of H-pyrrole nitrogens is 2. The number of hydrogen-bond acceptors (Lipinski definition) is 24. The van der Waals surface area contributed by atoms with E-state index in [1.54, 1.807) is 0 Å². The van der Waals surface area contributed by atoms with E-state index < -0.39 is 109 Å². The van der Waals surface area contributed by atoms with Crippen LogP contribution in [0, 0.1) is 0 Å². The summed E-state index contributed by atoms with van der Waals surface area (Å²) in [6.07, 6.45) is -9.47. The van der Waals surface area contributed by atoms with Gasteiger partial charge in [-0.05, 0) is 0 Å². The van der Waals surface area contributed by atoms with Gasteiger partial charge < -0.3 is 69.7 Å². The summed E-state index contributed by atoms with van der Waals surface area (Å²) >= 11 is 0. The molecule has 34 heteroatoms. The number of ether oxygens (including phenoxy) is 2. The fourth-order valence-corrected chi connectivity index (χ4v) is 9.32. The first kappa shape index (κ1) is 42.7. The maximum absolute atomic E-state index is 12.7. The van der Waals surface area contributed by atoms with Gasteiger partial charge >= 0.3 is 5.65 Å². The maximum Gasteiger partial charge on any atom is 0.313 e. The van der Waals surface area contributed by atoms with Gasteiger partial charge in [0, 0.05) is 6.54 Å². The summed E-state index contributed by atoms with van der Waals surface area (Å²) in [6, 6.07) is 0. The fraction of sp³-hybridized carbons (Fsp3) is 0.520. The highest BCUT2D eigenvalue weighted by Crippen LogP contribution is 2.54. The number of nitrogens with zero attached hydrogens (tertiary/aromatic N) is 9.